The third kappa shape index (κ3) is 11.7. The van der Waals surface area contributed by atoms with E-state index < -0.39 is 0 Å². The summed E-state index contributed by atoms with van der Waals surface area (Å²) in [7, 11) is 0. The Kier molecular flexibility index (Phi) is 14.6. The van der Waals surface area contributed by atoms with E-state index >= 15 is 0 Å². The molecule has 1 aliphatic carbocycles. The summed E-state index contributed by atoms with van der Waals surface area (Å²) in [6, 6.07) is 10.8. The second-order valence-corrected chi connectivity index (χ2v) is 6.99. The minimum Gasteiger partial charge on any atom is -0.401 e. The van der Waals surface area contributed by atoms with Crippen LogP contribution in [0.15, 0.2) is 77.0 Å². The normalized spacial score (nSPS) is 16.4. The minimum atomic E-state index is 0.369. The number of halogens is 3. The van der Waals surface area contributed by atoms with Gasteiger partial charge in [0.15, 0.2) is 0 Å². The lowest BCUT2D eigenvalue weighted by Gasteiger charge is -2.25. The molecule has 2 rings (SSSR count). The van der Waals surface area contributed by atoms with E-state index in [1.807, 2.05) is 26.0 Å². The molecule has 0 aromatic heterocycles. The summed E-state index contributed by atoms with van der Waals surface area (Å²) in [5.41, 5.74) is 11.0. The van der Waals surface area contributed by atoms with Crippen LogP contribution in [0, 0.1) is 0 Å². The molecule has 1 atom stereocenters. The molecule has 1 unspecified atom stereocenters. The van der Waals surface area contributed by atoms with Gasteiger partial charge in [0.1, 0.15) is 12.0 Å². The van der Waals surface area contributed by atoms with Crippen molar-refractivity contribution in [2.45, 2.75) is 52.6 Å². The van der Waals surface area contributed by atoms with Crippen LogP contribution in [0.25, 0.3) is 0 Å². The summed E-state index contributed by atoms with van der Waals surface area (Å²) in [5, 5.41) is 4.26. The smallest absolute Gasteiger partial charge is 0.116 e. The summed E-state index contributed by atoms with van der Waals surface area (Å²) in [5.74, 6) is 0. The summed E-state index contributed by atoms with van der Waals surface area (Å²) >= 11 is 8.83. The molecule has 0 fully saturated rings. The Morgan fingerprint density at radius 3 is 2.48 bits per heavy atom. The van der Waals surface area contributed by atoms with E-state index in [0.717, 1.165) is 30.1 Å². The van der Waals surface area contributed by atoms with Crippen LogP contribution >= 0.6 is 23.6 Å². The highest BCUT2D eigenvalue weighted by molar-refractivity contribution is 6.31. The molecule has 0 heterocycles. The molecule has 150 valence electrons. The fourth-order valence-electron chi connectivity index (χ4n) is 2.65. The van der Waals surface area contributed by atoms with Gasteiger partial charge in [-0.3, -0.25) is 0 Å². The van der Waals surface area contributed by atoms with Gasteiger partial charge < -0.3 is 11.1 Å². The number of nitrogens with one attached hydrogen (secondary N) is 1. The van der Waals surface area contributed by atoms with E-state index in [4.69, 9.17) is 21.3 Å². The summed E-state index contributed by atoms with van der Waals surface area (Å²) < 4.78 is 8.97. The van der Waals surface area contributed by atoms with Crippen molar-refractivity contribution in [1.29, 1.82) is 0 Å². The van der Waals surface area contributed by atoms with E-state index in [1.165, 1.54) is 23.1 Å². The Morgan fingerprint density at radius 1 is 1.30 bits per heavy atom. The highest BCUT2D eigenvalue weighted by Crippen LogP contribution is 2.21. The number of benzene rings is 1. The Morgan fingerprint density at radius 2 is 1.93 bits per heavy atom. The molecule has 27 heavy (non-hydrogen) atoms. The van der Waals surface area contributed by atoms with Crippen LogP contribution in [-0.4, -0.2) is 6.04 Å². The molecule has 3 N–H and O–H groups in total. The third-order valence-corrected chi connectivity index (χ3v) is 4.25. The van der Waals surface area contributed by atoms with Gasteiger partial charge in [0, 0.05) is 23.3 Å². The molecule has 1 aliphatic rings. The Bertz CT molecular complexity index is 633. The monoisotopic (exact) mass is 412 g/mol. The molecule has 0 aliphatic heterocycles. The molecule has 0 amide bonds. The summed E-state index contributed by atoms with van der Waals surface area (Å²) in [6.07, 6.45) is 8.89. The zero-order valence-electron chi connectivity index (χ0n) is 16.4. The van der Waals surface area contributed by atoms with Crippen molar-refractivity contribution in [2.75, 3.05) is 0 Å². The Labute approximate surface area is 173 Å². The van der Waals surface area contributed by atoms with Crippen LogP contribution in [0.3, 0.4) is 0 Å². The average molecular weight is 413 g/mol. The van der Waals surface area contributed by atoms with Crippen molar-refractivity contribution in [3.63, 3.8) is 0 Å². The van der Waals surface area contributed by atoms with Gasteiger partial charge in [0.05, 0.1) is 0 Å². The van der Waals surface area contributed by atoms with Gasteiger partial charge in [-0.25, -0.2) is 0 Å². The molecule has 1 aromatic rings. The van der Waals surface area contributed by atoms with Gasteiger partial charge in [-0.15, -0.1) is 3.98 Å². The number of rotatable bonds is 5. The van der Waals surface area contributed by atoms with Crippen LogP contribution in [0.5, 0.6) is 0 Å². The lowest BCUT2D eigenvalue weighted by Crippen LogP contribution is -2.36. The van der Waals surface area contributed by atoms with Crippen LogP contribution in [0.2, 0.25) is 0 Å². The number of allylic oxidation sites excluding steroid dienone is 6. The van der Waals surface area contributed by atoms with E-state index in [9.17, 15) is 0 Å². The molecule has 5 heteroatoms. The summed E-state index contributed by atoms with van der Waals surface area (Å²) in [4.78, 5) is 0. The predicted molar refractivity (Wildman–Crippen MR) is 118 cm³/mol. The SMILES string of the molecule is C=C/C=C(/Cl)C=C(C)C.CC1=C(N)C(NCc2ccccc2)CCC1.FCl. The first-order chi connectivity index (χ1) is 12.9. The van der Waals surface area contributed by atoms with Crippen LogP contribution in [0.4, 0.5) is 3.98 Å². The molecule has 2 nitrogen and oxygen atoms in total. The topological polar surface area (TPSA) is 38.0 Å². The quantitative estimate of drug-likeness (QED) is 0.514. The number of hydrogen-bond donors (Lipinski definition) is 2. The van der Waals surface area contributed by atoms with Crippen LogP contribution in [0.1, 0.15) is 45.6 Å². The fraction of sp³-hybridized carbons (Fsp3) is 0.364. The van der Waals surface area contributed by atoms with Crippen molar-refractivity contribution in [3.05, 3.63) is 82.6 Å². The molecule has 0 radical (unpaired) electrons. The van der Waals surface area contributed by atoms with Gasteiger partial charge in [-0.2, -0.15) is 0 Å². The van der Waals surface area contributed by atoms with Crippen LogP contribution in [-0.2, 0) is 6.54 Å². The largest absolute Gasteiger partial charge is 0.401 e. The second kappa shape index (κ2) is 15.5. The zero-order chi connectivity index (χ0) is 20.7. The van der Waals surface area contributed by atoms with E-state index in [2.05, 4.69) is 55.0 Å². The predicted octanol–water partition coefficient (Wildman–Crippen LogP) is 6.93. The third-order valence-electron chi connectivity index (χ3n) is 4.01. The minimum absolute atomic E-state index is 0.369. The number of nitrogens with two attached hydrogens (primary N) is 1. The first kappa shape index (κ1) is 25.4. The second-order valence-electron chi connectivity index (χ2n) is 6.56. The molecular formula is C22H31Cl2FN2. The maximum atomic E-state index is 8.97. The van der Waals surface area contributed by atoms with Gasteiger partial charge in [0.25, 0.3) is 0 Å². The van der Waals surface area contributed by atoms with Crippen molar-refractivity contribution in [2.24, 2.45) is 5.73 Å². The van der Waals surface area contributed by atoms with E-state index in [1.54, 1.807) is 12.2 Å². The standard InChI is InChI=1S/C14H20N2.C8H11Cl.ClF/c1-11-6-5-9-13(14(11)15)16-10-12-7-3-2-4-8-12;1-4-5-8(9)6-7(2)3;1-2/h2-4,7-8,13,16H,5-6,9-10,15H2,1H3;4-6H,1H2,2-3H3;/b;8-5+;. The maximum Gasteiger partial charge on any atom is 0.116 e. The van der Waals surface area contributed by atoms with Crippen molar-refractivity contribution >= 4 is 23.6 Å². The van der Waals surface area contributed by atoms with Crippen molar-refractivity contribution < 1.29 is 3.98 Å². The molecule has 1 aromatic carbocycles. The average Bonchev–Trinajstić information content (AvgIpc) is 2.65. The zero-order valence-corrected chi connectivity index (χ0v) is 18.0. The Balaban J connectivity index is 0.000000528. The van der Waals surface area contributed by atoms with Gasteiger partial charge in [0.2, 0.25) is 0 Å². The highest BCUT2D eigenvalue weighted by atomic mass is 35.5. The van der Waals surface area contributed by atoms with Crippen LogP contribution < -0.4 is 11.1 Å². The molecule has 0 bridgehead atoms. The van der Waals surface area contributed by atoms with Gasteiger partial charge >= 0.3 is 0 Å². The summed E-state index contributed by atoms with van der Waals surface area (Å²) in [6.45, 7) is 10.6. The lowest BCUT2D eigenvalue weighted by atomic mass is 9.93. The molecule has 0 saturated carbocycles. The maximum absolute atomic E-state index is 8.97. The van der Waals surface area contributed by atoms with Gasteiger partial charge in [-0.1, -0.05) is 65.7 Å². The molecular weight excluding hydrogens is 382 g/mol. The molecule has 0 spiro atoms. The highest BCUT2D eigenvalue weighted by Gasteiger charge is 2.17. The van der Waals surface area contributed by atoms with Crippen molar-refractivity contribution in [3.8, 4) is 0 Å². The molecule has 0 saturated heterocycles. The van der Waals surface area contributed by atoms with E-state index in [0.29, 0.717) is 6.04 Å². The van der Waals surface area contributed by atoms with Gasteiger partial charge in [-0.05, 0) is 57.7 Å². The van der Waals surface area contributed by atoms with Crippen molar-refractivity contribution in [1.82, 2.24) is 5.32 Å². The Hall–Kier alpha value is -1.55. The lowest BCUT2D eigenvalue weighted by molar-refractivity contribution is 0.484. The first-order valence-electron chi connectivity index (χ1n) is 8.94. The van der Waals surface area contributed by atoms with E-state index in [-0.39, 0.29) is 0 Å². The first-order valence-corrected chi connectivity index (χ1v) is 9.60. The number of hydrogen-bond acceptors (Lipinski definition) is 2. The fourth-order valence-corrected chi connectivity index (χ4v) is 2.96.